The van der Waals surface area contributed by atoms with Gasteiger partial charge in [0.2, 0.25) is 0 Å². The molecule has 0 atom stereocenters. The van der Waals surface area contributed by atoms with E-state index in [2.05, 4.69) is 57.7 Å². The first kappa shape index (κ1) is 11.8. The van der Waals surface area contributed by atoms with Crippen LogP contribution in [0.5, 0.6) is 0 Å². The maximum atomic E-state index is 4.12. The van der Waals surface area contributed by atoms with Crippen LogP contribution in [0.15, 0.2) is 30.9 Å². The van der Waals surface area contributed by atoms with E-state index >= 15 is 0 Å². The van der Waals surface area contributed by atoms with Crippen LogP contribution in [0.2, 0.25) is 0 Å². The Balaban J connectivity index is 3.20. The Morgan fingerprint density at radius 3 is 2.67 bits per heavy atom. The summed E-state index contributed by atoms with van der Waals surface area (Å²) in [6, 6.07) is 6.42. The van der Waals surface area contributed by atoms with Gasteiger partial charge in [0.15, 0.2) is 0 Å². The van der Waals surface area contributed by atoms with Crippen molar-refractivity contribution in [3.05, 3.63) is 47.5 Å². The summed E-state index contributed by atoms with van der Waals surface area (Å²) < 4.78 is 0. The van der Waals surface area contributed by atoms with E-state index in [1.54, 1.807) is 0 Å². The van der Waals surface area contributed by atoms with Gasteiger partial charge in [-0.25, -0.2) is 0 Å². The van der Waals surface area contributed by atoms with Crippen molar-refractivity contribution in [2.24, 2.45) is 0 Å². The van der Waals surface area contributed by atoms with Gasteiger partial charge in [-0.15, -0.1) is 0 Å². The van der Waals surface area contributed by atoms with E-state index in [0.717, 1.165) is 12.8 Å². The molecule has 15 heavy (non-hydrogen) atoms. The van der Waals surface area contributed by atoms with Gasteiger partial charge in [0.25, 0.3) is 0 Å². The summed E-state index contributed by atoms with van der Waals surface area (Å²) in [6.07, 6.45) is 6.50. The molecule has 0 saturated carbocycles. The molecule has 80 valence electrons. The van der Waals surface area contributed by atoms with Crippen LogP contribution in [0.3, 0.4) is 0 Å². The Morgan fingerprint density at radius 2 is 2.07 bits per heavy atom. The fourth-order valence-electron chi connectivity index (χ4n) is 1.64. The predicted octanol–water partition coefficient (Wildman–Crippen LogP) is 4.84. The Kier molecular flexibility index (Phi) is 4.36. The van der Waals surface area contributed by atoms with Gasteiger partial charge in [0.1, 0.15) is 0 Å². The first-order valence-electron chi connectivity index (χ1n) is 5.65. The van der Waals surface area contributed by atoms with Gasteiger partial charge in [-0.05, 0) is 42.0 Å². The number of hydrogen-bond donors (Lipinski definition) is 0. The highest BCUT2D eigenvalue weighted by Gasteiger charge is 2.04. The molecule has 1 aromatic carbocycles. The van der Waals surface area contributed by atoms with E-state index in [1.165, 1.54) is 22.3 Å². The summed E-state index contributed by atoms with van der Waals surface area (Å²) in [4.78, 5) is 0. The first-order valence-corrected chi connectivity index (χ1v) is 5.65. The van der Waals surface area contributed by atoms with Gasteiger partial charge < -0.3 is 0 Å². The zero-order valence-corrected chi connectivity index (χ0v) is 10.0. The monoisotopic (exact) mass is 200 g/mol. The van der Waals surface area contributed by atoms with Gasteiger partial charge in [0.05, 0.1) is 0 Å². The van der Waals surface area contributed by atoms with Crippen LogP contribution < -0.4 is 0 Å². The topological polar surface area (TPSA) is 0 Å². The number of aryl methyl sites for hydroxylation is 1. The Bertz CT molecular complexity index is 370. The molecule has 0 fully saturated rings. The summed E-state index contributed by atoms with van der Waals surface area (Å²) in [5, 5.41) is 0. The summed E-state index contributed by atoms with van der Waals surface area (Å²) >= 11 is 0. The van der Waals surface area contributed by atoms with Gasteiger partial charge in [-0.3, -0.25) is 0 Å². The molecule has 0 unspecified atom stereocenters. The van der Waals surface area contributed by atoms with E-state index < -0.39 is 0 Å². The smallest absolute Gasteiger partial charge is 0.0155 e. The molecule has 0 heterocycles. The highest BCUT2D eigenvalue weighted by atomic mass is 14.1. The Labute approximate surface area is 93.3 Å². The SMILES string of the molecule is C=C(CC)c1cccc(C)c1/C=C\CC. The molecule has 0 spiro atoms. The van der Waals surface area contributed by atoms with Crippen molar-refractivity contribution in [2.45, 2.75) is 33.6 Å². The van der Waals surface area contributed by atoms with Crippen LogP contribution in [0.1, 0.15) is 43.4 Å². The minimum atomic E-state index is 1.01. The Hall–Kier alpha value is -1.30. The average molecular weight is 200 g/mol. The van der Waals surface area contributed by atoms with Crippen molar-refractivity contribution in [1.29, 1.82) is 0 Å². The molecule has 0 aliphatic rings. The minimum Gasteiger partial charge on any atom is -0.0952 e. The molecule has 0 aliphatic heterocycles. The van der Waals surface area contributed by atoms with Crippen molar-refractivity contribution in [1.82, 2.24) is 0 Å². The molecule has 0 nitrogen and oxygen atoms in total. The average Bonchev–Trinajstić information content (AvgIpc) is 2.26. The van der Waals surface area contributed by atoms with E-state index in [4.69, 9.17) is 0 Å². The van der Waals surface area contributed by atoms with E-state index in [-0.39, 0.29) is 0 Å². The van der Waals surface area contributed by atoms with Crippen molar-refractivity contribution in [3.63, 3.8) is 0 Å². The number of hydrogen-bond acceptors (Lipinski definition) is 0. The zero-order chi connectivity index (χ0) is 11.3. The van der Waals surface area contributed by atoms with Gasteiger partial charge in [-0.1, -0.05) is 50.8 Å². The van der Waals surface area contributed by atoms with Crippen molar-refractivity contribution in [2.75, 3.05) is 0 Å². The van der Waals surface area contributed by atoms with Gasteiger partial charge >= 0.3 is 0 Å². The largest absolute Gasteiger partial charge is 0.0952 e. The highest BCUT2D eigenvalue weighted by Crippen LogP contribution is 2.24. The van der Waals surface area contributed by atoms with Crippen LogP contribution >= 0.6 is 0 Å². The van der Waals surface area contributed by atoms with Crippen molar-refractivity contribution >= 4 is 11.6 Å². The first-order chi connectivity index (χ1) is 7.20. The lowest BCUT2D eigenvalue weighted by atomic mass is 9.95. The van der Waals surface area contributed by atoms with E-state index in [0.29, 0.717) is 0 Å². The van der Waals surface area contributed by atoms with E-state index in [9.17, 15) is 0 Å². The number of benzene rings is 1. The maximum absolute atomic E-state index is 4.12. The molecule has 0 heteroatoms. The molecule has 0 aliphatic carbocycles. The van der Waals surface area contributed by atoms with Gasteiger partial charge in [0, 0.05) is 0 Å². The zero-order valence-electron chi connectivity index (χ0n) is 10.0. The normalized spacial score (nSPS) is 10.9. The van der Waals surface area contributed by atoms with Crippen molar-refractivity contribution < 1.29 is 0 Å². The lowest BCUT2D eigenvalue weighted by molar-refractivity contribution is 1.22. The Morgan fingerprint density at radius 1 is 1.33 bits per heavy atom. The summed E-state index contributed by atoms with van der Waals surface area (Å²) in [5.41, 5.74) is 5.16. The third kappa shape index (κ3) is 2.82. The molecule has 0 saturated heterocycles. The third-order valence-electron chi connectivity index (χ3n) is 2.65. The van der Waals surface area contributed by atoms with Crippen LogP contribution in [0, 0.1) is 6.92 Å². The predicted molar refractivity (Wildman–Crippen MR) is 69.8 cm³/mol. The maximum Gasteiger partial charge on any atom is -0.0155 e. The van der Waals surface area contributed by atoms with Crippen molar-refractivity contribution in [3.8, 4) is 0 Å². The molecule has 0 radical (unpaired) electrons. The lowest BCUT2D eigenvalue weighted by Gasteiger charge is -2.10. The highest BCUT2D eigenvalue weighted by molar-refractivity contribution is 5.74. The number of allylic oxidation sites excluding steroid dienone is 2. The molecular formula is C15H20. The molecular weight excluding hydrogens is 180 g/mol. The summed E-state index contributed by atoms with van der Waals surface area (Å²) in [6.45, 7) is 10.6. The second-order valence-electron chi connectivity index (χ2n) is 3.80. The molecule has 0 amide bonds. The third-order valence-corrected chi connectivity index (χ3v) is 2.65. The fraction of sp³-hybridized carbons (Fsp3) is 0.333. The summed E-state index contributed by atoms with van der Waals surface area (Å²) in [7, 11) is 0. The second-order valence-corrected chi connectivity index (χ2v) is 3.80. The fourth-order valence-corrected chi connectivity index (χ4v) is 1.64. The quantitative estimate of drug-likeness (QED) is 0.652. The van der Waals surface area contributed by atoms with Crippen LogP contribution in [0.25, 0.3) is 11.6 Å². The molecule has 0 bridgehead atoms. The van der Waals surface area contributed by atoms with Crippen LogP contribution in [-0.4, -0.2) is 0 Å². The summed E-state index contributed by atoms with van der Waals surface area (Å²) in [5.74, 6) is 0. The lowest BCUT2D eigenvalue weighted by Crippen LogP contribution is -1.90. The van der Waals surface area contributed by atoms with E-state index in [1.807, 2.05) is 0 Å². The second kappa shape index (κ2) is 5.55. The molecule has 0 N–H and O–H groups in total. The standard InChI is InChI=1S/C15H20/c1-5-7-10-15-13(4)9-8-11-14(15)12(3)6-2/h7-11H,3,5-6H2,1-2,4H3/b10-7-. The van der Waals surface area contributed by atoms with Crippen LogP contribution in [0.4, 0.5) is 0 Å². The minimum absolute atomic E-state index is 1.01. The van der Waals surface area contributed by atoms with Crippen LogP contribution in [-0.2, 0) is 0 Å². The molecule has 1 rings (SSSR count). The molecule has 1 aromatic rings. The number of rotatable bonds is 4. The molecule has 0 aromatic heterocycles. The van der Waals surface area contributed by atoms with Gasteiger partial charge in [-0.2, -0.15) is 0 Å².